The summed E-state index contributed by atoms with van der Waals surface area (Å²) in [5.41, 5.74) is 1.33. The van der Waals surface area contributed by atoms with Gasteiger partial charge in [-0.1, -0.05) is 30.3 Å². The van der Waals surface area contributed by atoms with E-state index in [9.17, 15) is 20.0 Å². The molecule has 0 saturated heterocycles. The zero-order valence-corrected chi connectivity index (χ0v) is 17.9. The van der Waals surface area contributed by atoms with Gasteiger partial charge in [-0.2, -0.15) is 4.89 Å². The highest BCUT2D eigenvalue weighted by Gasteiger charge is 2.33. The lowest BCUT2D eigenvalue weighted by molar-refractivity contribution is -0.336. The molecule has 5 N–H and O–H groups in total. The molecule has 0 spiro atoms. The molecule has 0 aliphatic carbocycles. The van der Waals surface area contributed by atoms with E-state index in [1.165, 1.54) is 6.92 Å². The van der Waals surface area contributed by atoms with Crippen LogP contribution in [0.4, 0.5) is 0 Å². The van der Waals surface area contributed by atoms with Crippen molar-refractivity contribution in [2.75, 3.05) is 13.2 Å². The topological polar surface area (TPSA) is 137 Å². The Morgan fingerprint density at radius 3 is 2.34 bits per heavy atom. The molecule has 0 fully saturated rings. The number of carbonyl (C=O) groups excluding carboxylic acids is 2. The Morgan fingerprint density at radius 1 is 1.06 bits per heavy atom. The summed E-state index contributed by atoms with van der Waals surface area (Å²) in [6, 6.07) is 14.2. The van der Waals surface area contributed by atoms with Crippen LogP contribution in [0.5, 0.6) is 5.75 Å². The highest BCUT2D eigenvalue weighted by Crippen LogP contribution is 2.18. The second kappa shape index (κ2) is 13.4. The van der Waals surface area contributed by atoms with Gasteiger partial charge in [0.05, 0.1) is 6.10 Å². The maximum Gasteiger partial charge on any atom is 0.253 e. The van der Waals surface area contributed by atoms with Crippen molar-refractivity contribution < 1.29 is 34.7 Å². The Morgan fingerprint density at radius 2 is 1.75 bits per heavy atom. The van der Waals surface area contributed by atoms with Gasteiger partial charge in [-0.3, -0.25) is 9.59 Å². The van der Waals surface area contributed by atoms with Crippen LogP contribution in [-0.2, 0) is 16.1 Å². The molecule has 3 unspecified atom stereocenters. The fourth-order valence-electron chi connectivity index (χ4n) is 3.06. The molecular formula is C23H30N2O7. The lowest BCUT2D eigenvalue weighted by Gasteiger charge is -2.30. The minimum atomic E-state index is -1.40. The van der Waals surface area contributed by atoms with Gasteiger partial charge in [-0.25, -0.2) is 5.26 Å². The van der Waals surface area contributed by atoms with Gasteiger partial charge in [0, 0.05) is 25.6 Å². The Balaban J connectivity index is 2.09. The summed E-state index contributed by atoms with van der Waals surface area (Å²) in [6.07, 6.45) is -1.47. The average Bonchev–Trinajstić information content (AvgIpc) is 2.80. The molecule has 3 atom stereocenters. The highest BCUT2D eigenvalue weighted by atomic mass is 17.1. The molecule has 174 valence electrons. The minimum absolute atomic E-state index is 0.101. The van der Waals surface area contributed by atoms with Gasteiger partial charge in [0.2, 0.25) is 5.91 Å². The first-order chi connectivity index (χ1) is 15.4. The summed E-state index contributed by atoms with van der Waals surface area (Å²) < 4.78 is 5.68. The first-order valence-electron chi connectivity index (χ1n) is 10.4. The van der Waals surface area contributed by atoms with E-state index < -0.39 is 24.3 Å². The first kappa shape index (κ1) is 25.3. The van der Waals surface area contributed by atoms with Crippen LogP contribution in [0.25, 0.3) is 0 Å². The normalized spacial score (nSPS) is 13.6. The summed E-state index contributed by atoms with van der Waals surface area (Å²) >= 11 is 0. The maximum absolute atomic E-state index is 12.6. The zero-order valence-electron chi connectivity index (χ0n) is 17.9. The molecule has 0 aliphatic heterocycles. The third-order valence-corrected chi connectivity index (χ3v) is 4.77. The number of hydrogen-bond acceptors (Lipinski definition) is 7. The van der Waals surface area contributed by atoms with Gasteiger partial charge in [0.25, 0.3) is 12.2 Å². The minimum Gasteiger partial charge on any atom is -0.460 e. The van der Waals surface area contributed by atoms with E-state index in [0.717, 1.165) is 5.56 Å². The van der Waals surface area contributed by atoms with E-state index in [1.54, 1.807) is 54.6 Å². The fraction of sp³-hybridized carbons (Fsp3) is 0.391. The van der Waals surface area contributed by atoms with Crippen molar-refractivity contribution in [2.24, 2.45) is 0 Å². The second-order valence-electron chi connectivity index (χ2n) is 7.27. The number of ether oxygens (including phenoxy) is 1. The number of nitrogens with one attached hydrogen (secondary N) is 2. The highest BCUT2D eigenvalue weighted by molar-refractivity contribution is 5.94. The van der Waals surface area contributed by atoms with E-state index in [4.69, 9.17) is 9.84 Å². The molecule has 0 heterocycles. The SMILES string of the molecule is CC(=O)NCCc1ccc(OC(OO)C(NC(=O)c2ccccc2)C(O)CCCO)cc1. The quantitative estimate of drug-likeness (QED) is 0.179. The van der Waals surface area contributed by atoms with E-state index >= 15 is 0 Å². The lowest BCUT2D eigenvalue weighted by atomic mass is 10.0. The van der Waals surface area contributed by atoms with Crippen LogP contribution in [0, 0.1) is 0 Å². The van der Waals surface area contributed by atoms with E-state index in [2.05, 4.69) is 15.5 Å². The first-order valence-corrected chi connectivity index (χ1v) is 10.4. The molecule has 2 aromatic carbocycles. The Hall–Kier alpha value is -2.98. The molecule has 0 radical (unpaired) electrons. The van der Waals surface area contributed by atoms with Gasteiger partial charge >= 0.3 is 0 Å². The van der Waals surface area contributed by atoms with Crippen molar-refractivity contribution in [1.82, 2.24) is 10.6 Å². The van der Waals surface area contributed by atoms with E-state index in [1.807, 2.05) is 0 Å². The number of rotatable bonds is 13. The zero-order chi connectivity index (χ0) is 23.3. The van der Waals surface area contributed by atoms with Crippen molar-refractivity contribution in [3.8, 4) is 5.75 Å². The number of aliphatic hydroxyl groups is 2. The van der Waals surface area contributed by atoms with E-state index in [0.29, 0.717) is 30.7 Å². The van der Waals surface area contributed by atoms with Crippen molar-refractivity contribution in [2.45, 2.75) is 44.6 Å². The van der Waals surface area contributed by atoms with Crippen molar-refractivity contribution >= 4 is 11.8 Å². The summed E-state index contributed by atoms with van der Waals surface area (Å²) in [5, 5.41) is 34.5. The predicted molar refractivity (Wildman–Crippen MR) is 117 cm³/mol. The Bertz CT molecular complexity index is 830. The molecule has 0 saturated carbocycles. The summed E-state index contributed by atoms with van der Waals surface area (Å²) in [7, 11) is 0. The van der Waals surface area contributed by atoms with Crippen LogP contribution in [0.15, 0.2) is 54.6 Å². The van der Waals surface area contributed by atoms with Gasteiger partial charge < -0.3 is 25.6 Å². The van der Waals surface area contributed by atoms with Crippen LogP contribution < -0.4 is 15.4 Å². The fourth-order valence-corrected chi connectivity index (χ4v) is 3.06. The maximum atomic E-state index is 12.6. The second-order valence-corrected chi connectivity index (χ2v) is 7.27. The number of amides is 2. The number of benzene rings is 2. The van der Waals surface area contributed by atoms with Crippen LogP contribution in [0.3, 0.4) is 0 Å². The van der Waals surface area contributed by atoms with Crippen molar-refractivity contribution in [3.05, 3.63) is 65.7 Å². The van der Waals surface area contributed by atoms with Crippen LogP contribution >= 0.6 is 0 Å². The van der Waals surface area contributed by atoms with Gasteiger partial charge in [0.15, 0.2) is 0 Å². The molecule has 0 aliphatic rings. The van der Waals surface area contributed by atoms with Crippen LogP contribution in [0.1, 0.15) is 35.7 Å². The molecule has 9 nitrogen and oxygen atoms in total. The summed E-state index contributed by atoms with van der Waals surface area (Å²) in [5.74, 6) is -0.227. The standard InChI is InChI=1S/C23H30N2O7/c1-16(27)24-14-13-17-9-11-19(12-10-17)31-23(32-30)21(20(28)8-5-15-26)25-22(29)18-6-3-2-4-7-18/h2-4,6-7,9-12,20-21,23,26,28,30H,5,8,13-15H2,1H3,(H,24,27)(H,25,29). The van der Waals surface area contributed by atoms with E-state index in [-0.39, 0.29) is 18.9 Å². The monoisotopic (exact) mass is 446 g/mol. The molecule has 2 amide bonds. The summed E-state index contributed by atoms with van der Waals surface area (Å²) in [6.45, 7) is 1.82. The number of aliphatic hydroxyl groups excluding tert-OH is 2. The molecule has 0 aromatic heterocycles. The Kier molecular flexibility index (Phi) is 10.6. The molecule has 2 aromatic rings. The van der Waals surface area contributed by atoms with Crippen LogP contribution in [-0.4, -0.2) is 58.9 Å². The van der Waals surface area contributed by atoms with Crippen molar-refractivity contribution in [3.63, 3.8) is 0 Å². The summed E-state index contributed by atoms with van der Waals surface area (Å²) in [4.78, 5) is 28.0. The lowest BCUT2D eigenvalue weighted by Crippen LogP contribution is -2.53. The molecule has 32 heavy (non-hydrogen) atoms. The molecule has 2 rings (SSSR count). The van der Waals surface area contributed by atoms with Gasteiger partial charge in [0.1, 0.15) is 11.8 Å². The van der Waals surface area contributed by atoms with Gasteiger partial charge in [-0.05, 0) is 49.1 Å². The third kappa shape index (κ3) is 8.27. The molecular weight excluding hydrogens is 416 g/mol. The number of carbonyl (C=O) groups is 2. The molecule has 9 heteroatoms. The number of hydrogen-bond donors (Lipinski definition) is 5. The van der Waals surface area contributed by atoms with Crippen molar-refractivity contribution in [1.29, 1.82) is 0 Å². The Labute approximate surface area is 186 Å². The largest absolute Gasteiger partial charge is 0.460 e. The average molecular weight is 447 g/mol. The third-order valence-electron chi connectivity index (χ3n) is 4.77. The smallest absolute Gasteiger partial charge is 0.253 e. The predicted octanol–water partition coefficient (Wildman–Crippen LogP) is 1.49. The molecule has 0 bridgehead atoms. The van der Waals surface area contributed by atoms with Crippen LogP contribution in [0.2, 0.25) is 0 Å². The van der Waals surface area contributed by atoms with Gasteiger partial charge in [-0.15, -0.1) is 0 Å².